The molecule has 1 aromatic rings. The Morgan fingerprint density at radius 1 is 1.46 bits per heavy atom. The van der Waals surface area contributed by atoms with E-state index >= 15 is 0 Å². The summed E-state index contributed by atoms with van der Waals surface area (Å²) in [6.07, 6.45) is 0. The molecule has 1 aliphatic heterocycles. The molecule has 0 amide bonds. The second kappa shape index (κ2) is 2.79. The summed E-state index contributed by atoms with van der Waals surface area (Å²) >= 11 is 0. The van der Waals surface area contributed by atoms with Gasteiger partial charge in [-0.1, -0.05) is 6.07 Å². The van der Waals surface area contributed by atoms with E-state index in [0.29, 0.717) is 0 Å². The van der Waals surface area contributed by atoms with Gasteiger partial charge in [-0.15, -0.1) is 0 Å². The van der Waals surface area contributed by atoms with Crippen LogP contribution in [0.15, 0.2) is 18.2 Å². The maximum atomic E-state index is 12.8. The highest BCUT2D eigenvalue weighted by Gasteiger charge is 2.35. The van der Waals surface area contributed by atoms with Crippen LogP contribution in [-0.4, -0.2) is 13.1 Å². The molecule has 0 unspecified atom stereocenters. The Hall–Kier alpha value is -0.930. The van der Waals surface area contributed by atoms with Crippen molar-refractivity contribution in [3.63, 3.8) is 0 Å². The van der Waals surface area contributed by atoms with Gasteiger partial charge in [0.25, 0.3) is 0 Å². The predicted octanol–water partition coefficient (Wildman–Crippen LogP) is 0.891. The van der Waals surface area contributed by atoms with Crippen LogP contribution in [0.25, 0.3) is 0 Å². The van der Waals surface area contributed by atoms with Gasteiger partial charge in [0, 0.05) is 13.1 Å². The first-order valence-corrected chi connectivity index (χ1v) is 4.38. The lowest BCUT2D eigenvalue weighted by atomic mass is 9.83. The summed E-state index contributed by atoms with van der Waals surface area (Å²) < 4.78 is 12.8. The molecule has 0 radical (unpaired) electrons. The number of hydrogen-bond donors (Lipinski definition) is 2. The first kappa shape index (κ1) is 8.66. The Kier molecular flexibility index (Phi) is 1.86. The van der Waals surface area contributed by atoms with Crippen LogP contribution < -0.4 is 11.1 Å². The Morgan fingerprint density at radius 3 is 2.62 bits per heavy atom. The number of benzene rings is 1. The van der Waals surface area contributed by atoms with Gasteiger partial charge in [0.1, 0.15) is 5.82 Å². The summed E-state index contributed by atoms with van der Waals surface area (Å²) in [7, 11) is 0. The monoisotopic (exact) mass is 180 g/mol. The van der Waals surface area contributed by atoms with Gasteiger partial charge in [-0.25, -0.2) is 4.39 Å². The topological polar surface area (TPSA) is 38.0 Å². The molecule has 3 heteroatoms. The van der Waals surface area contributed by atoms with Crippen molar-refractivity contribution in [3.8, 4) is 0 Å². The van der Waals surface area contributed by atoms with Crippen LogP contribution in [0.3, 0.4) is 0 Å². The van der Waals surface area contributed by atoms with Gasteiger partial charge in [0.2, 0.25) is 0 Å². The molecule has 1 heterocycles. The standard InChI is InChI=1S/C10H13FN2/c1-7-4-8(11)2-3-9(7)10(12)5-13-6-10/h2-4,13H,5-6,12H2,1H3. The molecular formula is C10H13FN2. The molecule has 0 atom stereocenters. The summed E-state index contributed by atoms with van der Waals surface area (Å²) in [4.78, 5) is 0. The van der Waals surface area contributed by atoms with Crippen LogP contribution in [0.5, 0.6) is 0 Å². The van der Waals surface area contributed by atoms with Crippen LogP contribution in [0.4, 0.5) is 4.39 Å². The number of aryl methyl sites for hydroxylation is 1. The van der Waals surface area contributed by atoms with Gasteiger partial charge in [0.05, 0.1) is 5.54 Å². The second-order valence-electron chi connectivity index (χ2n) is 3.72. The van der Waals surface area contributed by atoms with Gasteiger partial charge < -0.3 is 11.1 Å². The minimum atomic E-state index is -0.280. The van der Waals surface area contributed by atoms with Crippen LogP contribution in [0, 0.1) is 12.7 Å². The summed E-state index contributed by atoms with van der Waals surface area (Å²) in [5.41, 5.74) is 7.79. The lowest BCUT2D eigenvalue weighted by Crippen LogP contribution is -2.63. The van der Waals surface area contributed by atoms with E-state index in [1.165, 1.54) is 12.1 Å². The molecule has 1 saturated heterocycles. The molecule has 1 fully saturated rings. The first-order chi connectivity index (χ1) is 6.12. The van der Waals surface area contributed by atoms with E-state index in [2.05, 4.69) is 5.32 Å². The summed E-state index contributed by atoms with van der Waals surface area (Å²) in [6, 6.07) is 4.78. The SMILES string of the molecule is Cc1cc(F)ccc1C1(N)CNC1. The van der Waals surface area contributed by atoms with E-state index in [4.69, 9.17) is 5.73 Å². The number of halogens is 1. The van der Waals surface area contributed by atoms with Crippen LogP contribution in [0.1, 0.15) is 11.1 Å². The first-order valence-electron chi connectivity index (χ1n) is 4.38. The molecule has 13 heavy (non-hydrogen) atoms. The van der Waals surface area contributed by atoms with E-state index in [0.717, 1.165) is 24.2 Å². The Morgan fingerprint density at radius 2 is 2.15 bits per heavy atom. The quantitative estimate of drug-likeness (QED) is 0.673. The zero-order valence-corrected chi connectivity index (χ0v) is 7.60. The number of rotatable bonds is 1. The van der Waals surface area contributed by atoms with E-state index in [1.807, 2.05) is 6.92 Å². The van der Waals surface area contributed by atoms with Crippen molar-refractivity contribution in [1.82, 2.24) is 5.32 Å². The minimum absolute atomic E-state index is 0.197. The molecule has 3 N–H and O–H groups in total. The Bertz CT molecular complexity index is 332. The maximum absolute atomic E-state index is 12.8. The van der Waals surface area contributed by atoms with Gasteiger partial charge in [0.15, 0.2) is 0 Å². The fourth-order valence-corrected chi connectivity index (χ4v) is 1.77. The highest BCUT2D eigenvalue weighted by Crippen LogP contribution is 2.25. The highest BCUT2D eigenvalue weighted by atomic mass is 19.1. The smallest absolute Gasteiger partial charge is 0.123 e. The summed E-state index contributed by atoms with van der Waals surface area (Å²) in [6.45, 7) is 3.45. The lowest BCUT2D eigenvalue weighted by Gasteiger charge is -2.40. The molecule has 0 spiro atoms. The second-order valence-corrected chi connectivity index (χ2v) is 3.72. The number of hydrogen-bond acceptors (Lipinski definition) is 2. The predicted molar refractivity (Wildman–Crippen MR) is 49.9 cm³/mol. The average molecular weight is 180 g/mol. The van der Waals surface area contributed by atoms with Crippen molar-refractivity contribution in [1.29, 1.82) is 0 Å². The third kappa shape index (κ3) is 1.34. The molecule has 1 aromatic carbocycles. The summed E-state index contributed by atoms with van der Waals surface area (Å²) in [5, 5.41) is 3.12. The van der Waals surface area contributed by atoms with Crippen molar-refractivity contribution >= 4 is 0 Å². The highest BCUT2D eigenvalue weighted by molar-refractivity contribution is 5.35. The van der Waals surface area contributed by atoms with Crippen molar-refractivity contribution in [3.05, 3.63) is 35.1 Å². The van der Waals surface area contributed by atoms with Gasteiger partial charge in [-0.05, 0) is 30.2 Å². The molecule has 70 valence electrons. The third-order valence-electron chi connectivity index (χ3n) is 2.61. The van der Waals surface area contributed by atoms with E-state index < -0.39 is 0 Å². The number of nitrogens with two attached hydrogens (primary N) is 1. The fraction of sp³-hybridized carbons (Fsp3) is 0.400. The molecule has 0 aliphatic carbocycles. The molecule has 0 aromatic heterocycles. The average Bonchev–Trinajstić information content (AvgIpc) is 2.00. The Balaban J connectivity index is 2.40. The molecule has 0 saturated carbocycles. The lowest BCUT2D eigenvalue weighted by molar-refractivity contribution is 0.285. The molecule has 2 rings (SSSR count). The third-order valence-corrected chi connectivity index (χ3v) is 2.61. The normalized spacial score (nSPS) is 19.6. The van der Waals surface area contributed by atoms with Gasteiger partial charge in [-0.3, -0.25) is 0 Å². The van der Waals surface area contributed by atoms with Crippen LogP contribution >= 0.6 is 0 Å². The zero-order chi connectivity index (χ0) is 9.47. The van der Waals surface area contributed by atoms with Crippen LogP contribution in [-0.2, 0) is 5.54 Å². The molecule has 1 aliphatic rings. The van der Waals surface area contributed by atoms with Gasteiger partial charge >= 0.3 is 0 Å². The van der Waals surface area contributed by atoms with Crippen molar-refractivity contribution in [2.45, 2.75) is 12.5 Å². The van der Waals surface area contributed by atoms with Crippen molar-refractivity contribution in [2.75, 3.05) is 13.1 Å². The molecule has 0 bridgehead atoms. The van der Waals surface area contributed by atoms with Gasteiger partial charge in [-0.2, -0.15) is 0 Å². The summed E-state index contributed by atoms with van der Waals surface area (Å²) in [5.74, 6) is -0.197. The van der Waals surface area contributed by atoms with Crippen molar-refractivity contribution in [2.24, 2.45) is 5.73 Å². The fourth-order valence-electron chi connectivity index (χ4n) is 1.77. The van der Waals surface area contributed by atoms with E-state index in [-0.39, 0.29) is 11.4 Å². The van der Waals surface area contributed by atoms with Crippen LogP contribution in [0.2, 0.25) is 0 Å². The van der Waals surface area contributed by atoms with E-state index in [9.17, 15) is 4.39 Å². The largest absolute Gasteiger partial charge is 0.319 e. The minimum Gasteiger partial charge on any atom is -0.319 e. The Labute approximate surface area is 76.9 Å². The number of nitrogens with one attached hydrogen (secondary N) is 1. The zero-order valence-electron chi connectivity index (χ0n) is 7.60. The molecular weight excluding hydrogens is 167 g/mol. The molecule has 2 nitrogen and oxygen atoms in total. The van der Waals surface area contributed by atoms with Crippen molar-refractivity contribution < 1.29 is 4.39 Å². The maximum Gasteiger partial charge on any atom is 0.123 e. The van der Waals surface area contributed by atoms with E-state index in [1.54, 1.807) is 6.07 Å².